The number of halogens is 2. The minimum Gasteiger partial charge on any atom is -0.375 e. The van der Waals surface area contributed by atoms with E-state index < -0.39 is 0 Å². The smallest absolute Gasteiger partial charge is 0.184 e. The summed E-state index contributed by atoms with van der Waals surface area (Å²) in [6, 6.07) is 5.15. The lowest BCUT2D eigenvalue weighted by molar-refractivity contribution is 1.04. The number of rotatable bonds is 2. The van der Waals surface area contributed by atoms with Crippen LogP contribution in [0.3, 0.4) is 0 Å². The predicted molar refractivity (Wildman–Crippen MR) is 64.0 cm³/mol. The van der Waals surface area contributed by atoms with E-state index >= 15 is 0 Å². The third-order valence-electron chi connectivity index (χ3n) is 1.33. The van der Waals surface area contributed by atoms with E-state index in [-0.39, 0.29) is 5.11 Å². The van der Waals surface area contributed by atoms with Crippen LogP contribution in [0, 0.1) is 0 Å². The van der Waals surface area contributed by atoms with Gasteiger partial charge < -0.3 is 5.73 Å². The van der Waals surface area contributed by atoms with Crippen molar-refractivity contribution in [1.82, 2.24) is 5.43 Å². The van der Waals surface area contributed by atoms with Crippen molar-refractivity contribution in [2.75, 3.05) is 0 Å². The maximum absolute atomic E-state index is 5.79. The third kappa shape index (κ3) is 3.49. The van der Waals surface area contributed by atoms with Crippen molar-refractivity contribution in [2.45, 2.75) is 0 Å². The molecule has 0 aliphatic heterocycles. The molecule has 1 aromatic rings. The number of nitrogens with two attached hydrogens (primary N) is 1. The first kappa shape index (κ1) is 11.2. The average Bonchev–Trinajstić information content (AvgIpc) is 2.10. The first-order valence-electron chi connectivity index (χ1n) is 3.63. The molecule has 0 spiro atoms. The van der Waals surface area contributed by atoms with E-state index in [0.717, 1.165) is 5.56 Å². The molecule has 0 unspecified atom stereocenters. The second-order valence-electron chi connectivity index (χ2n) is 2.41. The number of hydrogen-bond donors (Lipinski definition) is 2. The maximum Gasteiger partial charge on any atom is 0.184 e. The highest BCUT2D eigenvalue weighted by Crippen LogP contribution is 2.21. The Morgan fingerprint density at radius 3 is 2.71 bits per heavy atom. The highest BCUT2D eigenvalue weighted by molar-refractivity contribution is 7.80. The molecule has 0 aliphatic rings. The van der Waals surface area contributed by atoms with Crippen molar-refractivity contribution in [3.8, 4) is 0 Å². The van der Waals surface area contributed by atoms with E-state index in [1.807, 2.05) is 0 Å². The van der Waals surface area contributed by atoms with E-state index in [2.05, 4.69) is 22.7 Å². The zero-order chi connectivity index (χ0) is 10.6. The van der Waals surface area contributed by atoms with Crippen molar-refractivity contribution < 1.29 is 0 Å². The van der Waals surface area contributed by atoms with Crippen LogP contribution in [0.4, 0.5) is 0 Å². The Hall–Kier alpha value is -0.840. The summed E-state index contributed by atoms with van der Waals surface area (Å²) in [5.74, 6) is 0. The molecule has 6 heteroatoms. The Labute approximate surface area is 96.9 Å². The van der Waals surface area contributed by atoms with Crippen LogP contribution >= 0.6 is 35.4 Å². The molecule has 0 atom stereocenters. The lowest BCUT2D eigenvalue weighted by atomic mass is 10.2. The lowest BCUT2D eigenvalue weighted by Crippen LogP contribution is -2.23. The molecule has 0 fully saturated rings. The normalized spacial score (nSPS) is 10.4. The van der Waals surface area contributed by atoms with Crippen molar-refractivity contribution in [1.29, 1.82) is 0 Å². The number of hydrogen-bond acceptors (Lipinski definition) is 2. The molecular weight excluding hydrogens is 241 g/mol. The third-order valence-corrected chi connectivity index (χ3v) is 2.16. The monoisotopic (exact) mass is 247 g/mol. The predicted octanol–water partition coefficient (Wildman–Crippen LogP) is 2.16. The highest BCUT2D eigenvalue weighted by Gasteiger charge is 1.96. The average molecular weight is 248 g/mol. The topological polar surface area (TPSA) is 50.4 Å². The number of nitrogens with zero attached hydrogens (tertiary/aromatic N) is 1. The fourth-order valence-electron chi connectivity index (χ4n) is 0.763. The Bertz CT molecular complexity index is 379. The molecule has 3 N–H and O–H groups in total. The van der Waals surface area contributed by atoms with Crippen LogP contribution in [0.25, 0.3) is 0 Å². The van der Waals surface area contributed by atoms with Crippen molar-refractivity contribution >= 4 is 46.7 Å². The summed E-state index contributed by atoms with van der Waals surface area (Å²) < 4.78 is 0. The van der Waals surface area contributed by atoms with Crippen molar-refractivity contribution in [3.63, 3.8) is 0 Å². The summed E-state index contributed by atoms with van der Waals surface area (Å²) in [5, 5.41) is 4.86. The summed E-state index contributed by atoms with van der Waals surface area (Å²) in [6.45, 7) is 0. The number of nitrogens with one attached hydrogen (secondary N) is 1. The van der Waals surface area contributed by atoms with Crippen LogP contribution in [0.15, 0.2) is 23.3 Å². The van der Waals surface area contributed by atoms with Crippen LogP contribution in [0.2, 0.25) is 10.0 Å². The van der Waals surface area contributed by atoms with Crippen molar-refractivity contribution in [3.05, 3.63) is 33.8 Å². The number of hydrazone groups is 1. The minimum absolute atomic E-state index is 0.112. The highest BCUT2D eigenvalue weighted by atomic mass is 35.5. The molecule has 14 heavy (non-hydrogen) atoms. The summed E-state index contributed by atoms with van der Waals surface area (Å²) >= 11 is 16.1. The van der Waals surface area contributed by atoms with Gasteiger partial charge in [-0.3, -0.25) is 5.43 Å². The minimum atomic E-state index is 0.112. The fraction of sp³-hybridized carbons (Fsp3) is 0. The van der Waals surface area contributed by atoms with E-state index in [9.17, 15) is 0 Å². The number of benzene rings is 1. The van der Waals surface area contributed by atoms with E-state index in [0.29, 0.717) is 10.0 Å². The zero-order valence-electron chi connectivity index (χ0n) is 7.00. The van der Waals surface area contributed by atoms with Gasteiger partial charge in [0, 0.05) is 0 Å². The molecule has 0 heterocycles. The van der Waals surface area contributed by atoms with E-state index in [1.54, 1.807) is 24.4 Å². The second kappa shape index (κ2) is 5.14. The van der Waals surface area contributed by atoms with Gasteiger partial charge >= 0.3 is 0 Å². The van der Waals surface area contributed by atoms with Gasteiger partial charge in [-0.25, -0.2) is 0 Å². The van der Waals surface area contributed by atoms with Crippen LogP contribution < -0.4 is 11.2 Å². The van der Waals surface area contributed by atoms with Gasteiger partial charge in [0.05, 0.1) is 16.3 Å². The molecule has 0 radical (unpaired) electrons. The van der Waals surface area contributed by atoms with Crippen LogP contribution in [0.1, 0.15) is 5.56 Å². The first-order valence-corrected chi connectivity index (χ1v) is 4.79. The molecule has 0 saturated heterocycles. The molecule has 0 aromatic heterocycles. The molecule has 3 nitrogen and oxygen atoms in total. The summed E-state index contributed by atoms with van der Waals surface area (Å²) in [4.78, 5) is 0. The van der Waals surface area contributed by atoms with Gasteiger partial charge in [0.2, 0.25) is 0 Å². The van der Waals surface area contributed by atoms with Gasteiger partial charge in [-0.1, -0.05) is 29.3 Å². The van der Waals surface area contributed by atoms with Crippen LogP contribution in [-0.2, 0) is 0 Å². The van der Waals surface area contributed by atoms with Gasteiger partial charge in [-0.15, -0.1) is 0 Å². The van der Waals surface area contributed by atoms with Gasteiger partial charge in [0.1, 0.15) is 0 Å². The maximum atomic E-state index is 5.79. The van der Waals surface area contributed by atoms with Gasteiger partial charge in [0.25, 0.3) is 0 Å². The fourth-order valence-corrected chi connectivity index (χ4v) is 1.12. The molecule has 74 valence electrons. The molecule has 1 aromatic carbocycles. The SMILES string of the molecule is NC(=S)N/N=C\c1ccc(Cl)c(Cl)c1. The molecule has 0 saturated carbocycles. The van der Waals surface area contributed by atoms with E-state index in [4.69, 9.17) is 28.9 Å². The summed E-state index contributed by atoms with van der Waals surface area (Å²) in [6.07, 6.45) is 1.54. The van der Waals surface area contributed by atoms with Crippen LogP contribution in [-0.4, -0.2) is 11.3 Å². The number of thiocarbonyl (C=S) groups is 1. The van der Waals surface area contributed by atoms with Crippen molar-refractivity contribution in [2.24, 2.45) is 10.8 Å². The molecule has 0 bridgehead atoms. The summed E-state index contributed by atoms with van der Waals surface area (Å²) in [5.41, 5.74) is 8.41. The Balaban J connectivity index is 2.73. The molecule has 0 amide bonds. The second-order valence-corrected chi connectivity index (χ2v) is 3.66. The largest absolute Gasteiger partial charge is 0.375 e. The van der Waals surface area contributed by atoms with Crippen LogP contribution in [0.5, 0.6) is 0 Å². The van der Waals surface area contributed by atoms with Gasteiger partial charge in [-0.05, 0) is 29.9 Å². The molecule has 1 rings (SSSR count). The van der Waals surface area contributed by atoms with E-state index in [1.165, 1.54) is 0 Å². The standard InChI is InChI=1S/C8H7Cl2N3S/c9-6-2-1-5(3-7(6)10)4-12-13-8(11)14/h1-4H,(H3,11,13,14)/b12-4-. The lowest BCUT2D eigenvalue weighted by Gasteiger charge is -1.97. The van der Waals surface area contributed by atoms with Gasteiger partial charge in [-0.2, -0.15) is 5.10 Å². The molecule has 0 aliphatic carbocycles. The Morgan fingerprint density at radius 2 is 2.14 bits per heavy atom. The summed E-state index contributed by atoms with van der Waals surface area (Å²) in [7, 11) is 0. The first-order chi connectivity index (χ1) is 6.59. The molecular formula is C8H7Cl2N3S. The Morgan fingerprint density at radius 1 is 1.43 bits per heavy atom. The Kier molecular flexibility index (Phi) is 4.13. The zero-order valence-corrected chi connectivity index (χ0v) is 9.33. The van der Waals surface area contributed by atoms with Gasteiger partial charge in [0.15, 0.2) is 5.11 Å². The quantitative estimate of drug-likeness (QED) is 0.479.